The maximum Gasteiger partial charge on any atom is 0.417 e. The molecule has 2 aromatic carbocycles. The minimum Gasteiger partial charge on any atom is -0.360 e. The molecule has 2 N–H and O–H groups in total. The molecule has 0 unspecified atom stereocenters. The number of hydrogen-bond acceptors (Lipinski definition) is 6. The molecular formula is C18H13ClF3N5O2. The molecule has 0 aliphatic carbocycles. The Morgan fingerprint density at radius 3 is 2.41 bits per heavy atom. The van der Waals surface area contributed by atoms with Crippen LogP contribution in [-0.4, -0.2) is 14.9 Å². The summed E-state index contributed by atoms with van der Waals surface area (Å²) in [6.07, 6.45) is -3.60. The number of benzene rings is 2. The summed E-state index contributed by atoms with van der Waals surface area (Å²) in [6, 6.07) is 12.2. The Labute approximate surface area is 167 Å². The van der Waals surface area contributed by atoms with Gasteiger partial charge in [-0.2, -0.15) is 13.2 Å². The van der Waals surface area contributed by atoms with E-state index in [1.807, 2.05) is 30.3 Å². The van der Waals surface area contributed by atoms with Crippen molar-refractivity contribution in [1.82, 2.24) is 9.97 Å². The number of rotatable bonds is 6. The smallest absolute Gasteiger partial charge is 0.360 e. The van der Waals surface area contributed by atoms with Gasteiger partial charge in [0, 0.05) is 12.2 Å². The topological polar surface area (TPSA) is 93.0 Å². The monoisotopic (exact) mass is 423 g/mol. The molecule has 0 aliphatic rings. The third-order valence-corrected chi connectivity index (χ3v) is 4.17. The third-order valence-electron chi connectivity index (χ3n) is 3.84. The molecule has 0 atom stereocenters. The van der Waals surface area contributed by atoms with E-state index in [1.165, 1.54) is 6.07 Å². The molecule has 0 amide bonds. The molecule has 29 heavy (non-hydrogen) atoms. The first kappa shape index (κ1) is 20.3. The van der Waals surface area contributed by atoms with Crippen LogP contribution in [0.15, 0.2) is 54.9 Å². The molecule has 0 bridgehead atoms. The number of nitro groups is 1. The summed E-state index contributed by atoms with van der Waals surface area (Å²) in [5, 5.41) is 16.5. The number of halogens is 4. The van der Waals surface area contributed by atoms with Gasteiger partial charge in [-0.1, -0.05) is 41.9 Å². The normalized spacial score (nSPS) is 11.2. The second-order valence-corrected chi connectivity index (χ2v) is 6.24. The molecule has 1 aromatic heterocycles. The highest BCUT2D eigenvalue weighted by Crippen LogP contribution is 2.38. The quantitative estimate of drug-likeness (QED) is 0.406. The van der Waals surface area contributed by atoms with Gasteiger partial charge in [0.15, 0.2) is 0 Å². The number of aromatic nitrogens is 2. The Balaban J connectivity index is 1.91. The molecule has 150 valence electrons. The van der Waals surface area contributed by atoms with Crippen molar-refractivity contribution in [2.75, 3.05) is 10.6 Å². The third kappa shape index (κ3) is 4.91. The zero-order valence-corrected chi connectivity index (χ0v) is 15.3. The van der Waals surface area contributed by atoms with Crippen LogP contribution in [0, 0.1) is 10.1 Å². The first-order valence-corrected chi connectivity index (χ1v) is 8.54. The van der Waals surface area contributed by atoms with Gasteiger partial charge in [-0.15, -0.1) is 0 Å². The number of alkyl halides is 3. The highest BCUT2D eigenvalue weighted by atomic mass is 35.5. The highest BCUT2D eigenvalue weighted by Gasteiger charge is 2.33. The Hall–Kier alpha value is -3.40. The van der Waals surface area contributed by atoms with Crippen LogP contribution in [0.2, 0.25) is 5.02 Å². The van der Waals surface area contributed by atoms with Gasteiger partial charge in [-0.05, 0) is 23.8 Å². The van der Waals surface area contributed by atoms with Gasteiger partial charge in [0.1, 0.15) is 6.33 Å². The van der Waals surface area contributed by atoms with Crippen LogP contribution >= 0.6 is 11.6 Å². The van der Waals surface area contributed by atoms with Crippen molar-refractivity contribution >= 4 is 34.6 Å². The molecule has 0 fully saturated rings. The molecule has 0 spiro atoms. The van der Waals surface area contributed by atoms with E-state index in [1.54, 1.807) is 0 Å². The Morgan fingerprint density at radius 1 is 1.07 bits per heavy atom. The van der Waals surface area contributed by atoms with E-state index in [2.05, 4.69) is 20.6 Å². The standard InChI is InChI=1S/C18H13ClF3N5O2/c19-14-7-6-12(8-13(14)18(20,21)22)26-17-15(27(28)29)16(24-10-25-17)23-9-11-4-2-1-3-5-11/h1-8,10H,9H2,(H2,23,24,25,26). The van der Waals surface area contributed by atoms with Crippen molar-refractivity contribution in [3.63, 3.8) is 0 Å². The van der Waals surface area contributed by atoms with Gasteiger partial charge < -0.3 is 10.6 Å². The lowest BCUT2D eigenvalue weighted by atomic mass is 10.2. The van der Waals surface area contributed by atoms with Crippen LogP contribution in [0.3, 0.4) is 0 Å². The van der Waals surface area contributed by atoms with E-state index in [9.17, 15) is 23.3 Å². The maximum atomic E-state index is 13.0. The SMILES string of the molecule is O=[N+]([O-])c1c(NCc2ccccc2)ncnc1Nc1ccc(Cl)c(C(F)(F)F)c1. The Kier molecular flexibility index (Phi) is 5.83. The molecule has 3 aromatic rings. The second kappa shape index (κ2) is 8.31. The minimum absolute atomic E-state index is 0.0578. The van der Waals surface area contributed by atoms with E-state index in [-0.39, 0.29) is 23.9 Å². The first-order chi connectivity index (χ1) is 13.8. The van der Waals surface area contributed by atoms with E-state index >= 15 is 0 Å². The predicted octanol–water partition coefficient (Wildman–Crippen LogP) is 5.41. The summed E-state index contributed by atoms with van der Waals surface area (Å²) in [6.45, 7) is 0.261. The summed E-state index contributed by atoms with van der Waals surface area (Å²) >= 11 is 5.60. The maximum absolute atomic E-state index is 13.0. The van der Waals surface area contributed by atoms with E-state index in [0.29, 0.717) is 0 Å². The molecule has 0 saturated carbocycles. The van der Waals surface area contributed by atoms with Gasteiger partial charge in [0.2, 0.25) is 11.6 Å². The molecule has 0 saturated heterocycles. The summed E-state index contributed by atoms with van der Waals surface area (Å²) < 4.78 is 39.1. The van der Waals surface area contributed by atoms with Crippen LogP contribution < -0.4 is 10.6 Å². The molecule has 0 radical (unpaired) electrons. The average molecular weight is 424 g/mol. The lowest BCUT2D eigenvalue weighted by molar-refractivity contribution is -0.383. The average Bonchev–Trinajstić information content (AvgIpc) is 2.67. The van der Waals surface area contributed by atoms with Crippen LogP contribution in [0.1, 0.15) is 11.1 Å². The van der Waals surface area contributed by atoms with E-state index in [4.69, 9.17) is 11.6 Å². The second-order valence-electron chi connectivity index (χ2n) is 5.83. The molecule has 11 heteroatoms. The number of nitrogens with one attached hydrogen (secondary N) is 2. The zero-order valence-electron chi connectivity index (χ0n) is 14.6. The van der Waals surface area contributed by atoms with Crippen molar-refractivity contribution < 1.29 is 18.1 Å². The summed E-state index contributed by atoms with van der Waals surface area (Å²) in [5.41, 5.74) is -0.754. The minimum atomic E-state index is -4.67. The summed E-state index contributed by atoms with van der Waals surface area (Å²) in [4.78, 5) is 18.5. The number of hydrogen-bond donors (Lipinski definition) is 2. The van der Waals surface area contributed by atoms with Crippen LogP contribution in [0.4, 0.5) is 36.2 Å². The fourth-order valence-electron chi connectivity index (χ4n) is 2.51. The molecule has 0 aliphatic heterocycles. The summed E-state index contributed by atoms with van der Waals surface area (Å²) in [7, 11) is 0. The van der Waals surface area contributed by atoms with Crippen LogP contribution in [-0.2, 0) is 12.7 Å². The van der Waals surface area contributed by atoms with Gasteiger partial charge in [-0.25, -0.2) is 9.97 Å². The van der Waals surface area contributed by atoms with E-state index in [0.717, 1.165) is 24.0 Å². The van der Waals surface area contributed by atoms with Crippen molar-refractivity contribution in [3.05, 3.63) is 81.1 Å². The fraction of sp³-hybridized carbons (Fsp3) is 0.111. The van der Waals surface area contributed by atoms with Crippen molar-refractivity contribution in [1.29, 1.82) is 0 Å². The fourth-order valence-corrected chi connectivity index (χ4v) is 2.74. The van der Waals surface area contributed by atoms with E-state index < -0.39 is 27.4 Å². The lowest BCUT2D eigenvalue weighted by Crippen LogP contribution is -2.09. The molecule has 3 rings (SSSR count). The van der Waals surface area contributed by atoms with Crippen LogP contribution in [0.5, 0.6) is 0 Å². The lowest BCUT2D eigenvalue weighted by Gasteiger charge is -2.13. The number of nitrogens with zero attached hydrogens (tertiary/aromatic N) is 3. The summed E-state index contributed by atoms with van der Waals surface area (Å²) in [5.74, 6) is -0.322. The van der Waals surface area contributed by atoms with Crippen molar-refractivity contribution in [2.24, 2.45) is 0 Å². The van der Waals surface area contributed by atoms with Crippen molar-refractivity contribution in [2.45, 2.75) is 12.7 Å². The van der Waals surface area contributed by atoms with Gasteiger partial charge in [0.05, 0.1) is 15.5 Å². The van der Waals surface area contributed by atoms with Crippen LogP contribution in [0.25, 0.3) is 0 Å². The Morgan fingerprint density at radius 2 is 1.76 bits per heavy atom. The highest BCUT2D eigenvalue weighted by molar-refractivity contribution is 6.31. The molecule has 1 heterocycles. The largest absolute Gasteiger partial charge is 0.417 e. The zero-order chi connectivity index (χ0) is 21.0. The predicted molar refractivity (Wildman–Crippen MR) is 102 cm³/mol. The van der Waals surface area contributed by atoms with Gasteiger partial charge >= 0.3 is 11.9 Å². The van der Waals surface area contributed by atoms with Gasteiger partial charge in [-0.3, -0.25) is 10.1 Å². The molecular weight excluding hydrogens is 411 g/mol. The molecule has 7 nitrogen and oxygen atoms in total. The number of anilines is 3. The Bertz CT molecular complexity index is 1030. The first-order valence-electron chi connectivity index (χ1n) is 8.16. The van der Waals surface area contributed by atoms with Gasteiger partial charge in [0.25, 0.3) is 0 Å². The van der Waals surface area contributed by atoms with Crippen molar-refractivity contribution in [3.8, 4) is 0 Å².